The van der Waals surface area contributed by atoms with Gasteiger partial charge in [0.05, 0.1) is 0 Å². The van der Waals surface area contributed by atoms with Crippen LogP contribution in [0.15, 0.2) is 70.6 Å². The fourth-order valence-electron chi connectivity index (χ4n) is 5.05. The quantitative estimate of drug-likeness (QED) is 0.519. The van der Waals surface area contributed by atoms with E-state index in [-0.39, 0.29) is 0 Å². The molecule has 0 aromatic heterocycles. The Hall–Kier alpha value is -1.76. The predicted octanol–water partition coefficient (Wildman–Crippen LogP) is 7.28. The Kier molecular flexibility index (Phi) is 5.57. The van der Waals surface area contributed by atoms with Gasteiger partial charge in [-0.3, -0.25) is 0 Å². The summed E-state index contributed by atoms with van der Waals surface area (Å²) in [5, 5.41) is 3.81. The average molecular weight is 362 g/mol. The molecule has 4 aliphatic rings. The van der Waals surface area contributed by atoms with Gasteiger partial charge in [0.15, 0.2) is 0 Å². The maximum absolute atomic E-state index is 3.81. The van der Waals surface area contributed by atoms with Gasteiger partial charge < -0.3 is 5.32 Å². The molecule has 0 bridgehead atoms. The summed E-state index contributed by atoms with van der Waals surface area (Å²) in [6.07, 6.45) is 29.0. The fourth-order valence-corrected chi connectivity index (χ4v) is 5.05. The van der Waals surface area contributed by atoms with Gasteiger partial charge in [0.1, 0.15) is 0 Å². The van der Waals surface area contributed by atoms with E-state index in [2.05, 4.69) is 61.7 Å². The third kappa shape index (κ3) is 4.23. The molecular weight excluding hydrogens is 326 g/mol. The van der Waals surface area contributed by atoms with Gasteiger partial charge in [0, 0.05) is 11.4 Å². The molecule has 0 amide bonds. The molecule has 1 heteroatoms. The minimum Gasteiger partial charge on any atom is -0.359 e. The van der Waals surface area contributed by atoms with Gasteiger partial charge in [-0.2, -0.15) is 0 Å². The lowest BCUT2D eigenvalue weighted by atomic mass is 9.70. The second kappa shape index (κ2) is 8.09. The number of nitrogens with one attached hydrogen (secondary N) is 1. The number of allylic oxidation sites excluding steroid dienone is 11. The van der Waals surface area contributed by atoms with Gasteiger partial charge >= 0.3 is 0 Å². The molecule has 0 saturated carbocycles. The summed E-state index contributed by atoms with van der Waals surface area (Å²) >= 11 is 0. The molecule has 2 atom stereocenters. The molecule has 0 aromatic rings. The van der Waals surface area contributed by atoms with E-state index < -0.39 is 0 Å². The molecular formula is C26H35N. The molecule has 0 aromatic carbocycles. The van der Waals surface area contributed by atoms with Gasteiger partial charge in [-0.1, -0.05) is 50.3 Å². The van der Waals surface area contributed by atoms with Crippen molar-refractivity contribution < 1.29 is 0 Å². The van der Waals surface area contributed by atoms with Crippen LogP contribution in [0.2, 0.25) is 0 Å². The Morgan fingerprint density at radius 3 is 2.70 bits per heavy atom. The Balaban J connectivity index is 1.63. The summed E-state index contributed by atoms with van der Waals surface area (Å²) in [5.41, 5.74) is 7.96. The van der Waals surface area contributed by atoms with Crippen molar-refractivity contribution in [1.29, 1.82) is 0 Å². The summed E-state index contributed by atoms with van der Waals surface area (Å²) in [6, 6.07) is 0. The standard InChI is InChI=1S/C26H35N/c1-20-14-15-25(27-23-12-5-3-6-13-23)24(18-20)21-10-9-11-22(19-21)26(2)16-7-4-8-17-26/h4-5,7,11-13,19-20,27H,3,6,8-10,14-18H2,1-2H3. The average Bonchev–Trinajstić information content (AvgIpc) is 2.71. The minimum atomic E-state index is 0.337. The first-order valence-electron chi connectivity index (χ1n) is 11.1. The Labute approximate surface area is 165 Å². The van der Waals surface area contributed by atoms with Crippen molar-refractivity contribution in [2.75, 3.05) is 0 Å². The van der Waals surface area contributed by atoms with Gasteiger partial charge in [-0.15, -0.1) is 0 Å². The van der Waals surface area contributed by atoms with Crippen LogP contribution in [0.5, 0.6) is 0 Å². The molecule has 0 saturated heterocycles. The van der Waals surface area contributed by atoms with Crippen LogP contribution in [0.25, 0.3) is 0 Å². The molecule has 0 spiro atoms. The number of hydrogen-bond acceptors (Lipinski definition) is 1. The zero-order valence-corrected chi connectivity index (χ0v) is 17.2. The SMILES string of the molecule is CC1CCC(NC2=CCCC=C2)=C(C2=CC(C3(C)CC=CCC3)=CCC2)C1. The Morgan fingerprint density at radius 1 is 1.00 bits per heavy atom. The summed E-state index contributed by atoms with van der Waals surface area (Å²) < 4.78 is 0. The fraction of sp³-hybridized carbons (Fsp3) is 0.538. The van der Waals surface area contributed by atoms with E-state index in [4.69, 9.17) is 0 Å². The lowest BCUT2D eigenvalue weighted by Crippen LogP contribution is -2.23. The van der Waals surface area contributed by atoms with Crippen LogP contribution in [-0.2, 0) is 0 Å². The van der Waals surface area contributed by atoms with Crippen LogP contribution in [-0.4, -0.2) is 0 Å². The predicted molar refractivity (Wildman–Crippen MR) is 116 cm³/mol. The first kappa shape index (κ1) is 18.6. The second-order valence-electron chi connectivity index (χ2n) is 9.21. The van der Waals surface area contributed by atoms with Crippen LogP contribution in [0.1, 0.15) is 78.1 Å². The first-order chi connectivity index (χ1) is 13.1. The van der Waals surface area contributed by atoms with Crippen LogP contribution >= 0.6 is 0 Å². The van der Waals surface area contributed by atoms with Crippen LogP contribution < -0.4 is 5.32 Å². The van der Waals surface area contributed by atoms with Crippen molar-refractivity contribution in [3.8, 4) is 0 Å². The lowest BCUT2D eigenvalue weighted by Gasteiger charge is -2.35. The van der Waals surface area contributed by atoms with Crippen LogP contribution in [0.4, 0.5) is 0 Å². The smallest absolute Gasteiger partial charge is 0.0338 e. The summed E-state index contributed by atoms with van der Waals surface area (Å²) in [6.45, 7) is 4.89. The highest BCUT2D eigenvalue weighted by Crippen LogP contribution is 2.44. The van der Waals surface area contributed by atoms with Crippen molar-refractivity contribution in [2.24, 2.45) is 11.3 Å². The molecule has 4 aliphatic carbocycles. The summed E-state index contributed by atoms with van der Waals surface area (Å²) in [4.78, 5) is 0. The molecule has 2 unspecified atom stereocenters. The van der Waals surface area contributed by atoms with Crippen molar-refractivity contribution in [3.63, 3.8) is 0 Å². The van der Waals surface area contributed by atoms with Crippen LogP contribution in [0.3, 0.4) is 0 Å². The molecule has 0 heterocycles. The van der Waals surface area contributed by atoms with E-state index in [1.165, 1.54) is 75.6 Å². The van der Waals surface area contributed by atoms with E-state index in [9.17, 15) is 0 Å². The van der Waals surface area contributed by atoms with Crippen molar-refractivity contribution >= 4 is 0 Å². The molecule has 27 heavy (non-hydrogen) atoms. The molecule has 4 rings (SSSR count). The third-order valence-corrected chi connectivity index (χ3v) is 6.88. The van der Waals surface area contributed by atoms with Gasteiger partial charge in [-0.25, -0.2) is 0 Å². The Bertz CT molecular complexity index is 755. The molecule has 0 radical (unpaired) electrons. The maximum Gasteiger partial charge on any atom is 0.0338 e. The highest BCUT2D eigenvalue weighted by molar-refractivity contribution is 5.46. The molecule has 0 aliphatic heterocycles. The molecule has 1 nitrogen and oxygen atoms in total. The van der Waals surface area contributed by atoms with Gasteiger partial charge in [0.25, 0.3) is 0 Å². The minimum absolute atomic E-state index is 0.337. The zero-order valence-electron chi connectivity index (χ0n) is 17.2. The third-order valence-electron chi connectivity index (χ3n) is 6.88. The molecule has 1 N–H and O–H groups in total. The lowest BCUT2D eigenvalue weighted by molar-refractivity contribution is 0.365. The first-order valence-corrected chi connectivity index (χ1v) is 11.1. The van der Waals surface area contributed by atoms with Crippen molar-refractivity contribution in [3.05, 3.63) is 70.6 Å². The van der Waals surface area contributed by atoms with E-state index in [1.54, 1.807) is 16.7 Å². The highest BCUT2D eigenvalue weighted by atomic mass is 14.9. The normalized spacial score (nSPS) is 31.3. The van der Waals surface area contributed by atoms with Gasteiger partial charge in [0.2, 0.25) is 0 Å². The monoisotopic (exact) mass is 361 g/mol. The highest BCUT2D eigenvalue weighted by Gasteiger charge is 2.30. The Morgan fingerprint density at radius 2 is 1.93 bits per heavy atom. The van der Waals surface area contributed by atoms with E-state index >= 15 is 0 Å². The summed E-state index contributed by atoms with van der Waals surface area (Å²) in [5.74, 6) is 0.796. The van der Waals surface area contributed by atoms with Crippen LogP contribution in [0, 0.1) is 11.3 Å². The van der Waals surface area contributed by atoms with Gasteiger partial charge in [-0.05, 0) is 98.3 Å². The zero-order chi connectivity index (χ0) is 18.7. The number of hydrogen-bond donors (Lipinski definition) is 1. The topological polar surface area (TPSA) is 12.0 Å². The van der Waals surface area contributed by atoms with E-state index in [0.29, 0.717) is 5.41 Å². The molecule has 144 valence electrons. The van der Waals surface area contributed by atoms with E-state index in [1.807, 2.05) is 0 Å². The van der Waals surface area contributed by atoms with E-state index in [0.717, 1.165) is 5.92 Å². The van der Waals surface area contributed by atoms with Crippen molar-refractivity contribution in [1.82, 2.24) is 5.32 Å². The van der Waals surface area contributed by atoms with Crippen molar-refractivity contribution in [2.45, 2.75) is 78.1 Å². The number of rotatable bonds is 4. The second-order valence-corrected chi connectivity index (χ2v) is 9.21. The maximum atomic E-state index is 3.81. The summed E-state index contributed by atoms with van der Waals surface area (Å²) in [7, 11) is 0. The molecule has 0 fully saturated rings. The largest absolute Gasteiger partial charge is 0.359 e.